The molecule has 0 aromatic rings. The van der Waals surface area contributed by atoms with Crippen molar-refractivity contribution < 1.29 is 4.79 Å². The van der Waals surface area contributed by atoms with E-state index in [0.717, 1.165) is 25.9 Å². The Morgan fingerprint density at radius 1 is 1.47 bits per heavy atom. The molecule has 1 rings (SSSR count). The van der Waals surface area contributed by atoms with Crippen molar-refractivity contribution in [3.63, 3.8) is 0 Å². The van der Waals surface area contributed by atoms with Crippen LogP contribution in [0, 0.1) is 5.41 Å². The Balaban J connectivity index is 2.17. The third-order valence-corrected chi connectivity index (χ3v) is 2.76. The molecule has 0 aliphatic carbocycles. The van der Waals surface area contributed by atoms with Gasteiger partial charge in [-0.3, -0.25) is 4.79 Å². The van der Waals surface area contributed by atoms with Crippen LogP contribution in [0.3, 0.4) is 0 Å². The van der Waals surface area contributed by atoms with E-state index in [1.165, 1.54) is 6.42 Å². The molecule has 0 spiro atoms. The maximum Gasteiger partial charge on any atom is 0.220 e. The van der Waals surface area contributed by atoms with Crippen molar-refractivity contribution in [1.82, 2.24) is 10.6 Å². The van der Waals surface area contributed by atoms with Gasteiger partial charge >= 0.3 is 0 Å². The zero-order valence-electron chi connectivity index (χ0n) is 10.2. The van der Waals surface area contributed by atoms with E-state index < -0.39 is 0 Å². The zero-order valence-corrected chi connectivity index (χ0v) is 10.2. The molecule has 0 saturated carbocycles. The molecule has 1 amide bonds. The zero-order chi connectivity index (χ0) is 11.3. The molecule has 1 heterocycles. The van der Waals surface area contributed by atoms with Gasteiger partial charge in [-0.25, -0.2) is 0 Å². The van der Waals surface area contributed by atoms with Gasteiger partial charge in [0.1, 0.15) is 0 Å². The molecule has 3 heteroatoms. The minimum atomic E-state index is 0.207. The van der Waals surface area contributed by atoms with E-state index in [1.54, 1.807) is 0 Å². The summed E-state index contributed by atoms with van der Waals surface area (Å²) >= 11 is 0. The first-order chi connectivity index (χ1) is 6.97. The van der Waals surface area contributed by atoms with Crippen LogP contribution in [-0.2, 0) is 4.79 Å². The fourth-order valence-electron chi connectivity index (χ4n) is 1.76. The Hall–Kier alpha value is -0.570. The van der Waals surface area contributed by atoms with E-state index in [2.05, 4.69) is 31.4 Å². The van der Waals surface area contributed by atoms with Gasteiger partial charge in [-0.05, 0) is 31.2 Å². The second kappa shape index (κ2) is 5.50. The topological polar surface area (TPSA) is 41.1 Å². The highest BCUT2D eigenvalue weighted by atomic mass is 16.1. The summed E-state index contributed by atoms with van der Waals surface area (Å²) < 4.78 is 0. The molecule has 2 N–H and O–H groups in total. The van der Waals surface area contributed by atoms with E-state index >= 15 is 0 Å². The lowest BCUT2D eigenvalue weighted by Gasteiger charge is -2.24. The van der Waals surface area contributed by atoms with E-state index in [0.29, 0.717) is 12.5 Å². The highest BCUT2D eigenvalue weighted by Gasteiger charge is 2.17. The van der Waals surface area contributed by atoms with Gasteiger partial charge in [0.25, 0.3) is 0 Å². The normalized spacial score (nSPS) is 22.5. The van der Waals surface area contributed by atoms with Crippen molar-refractivity contribution in [2.45, 2.75) is 52.5 Å². The number of carbonyl (C=O) groups excluding carboxylic acids is 1. The molecule has 0 bridgehead atoms. The van der Waals surface area contributed by atoms with Crippen LogP contribution in [0.2, 0.25) is 0 Å². The second-order valence-corrected chi connectivity index (χ2v) is 5.67. The third-order valence-electron chi connectivity index (χ3n) is 2.76. The van der Waals surface area contributed by atoms with Gasteiger partial charge in [-0.2, -0.15) is 0 Å². The average molecular weight is 212 g/mol. The highest BCUT2D eigenvalue weighted by Crippen LogP contribution is 2.20. The first-order valence-corrected chi connectivity index (χ1v) is 5.97. The Labute approximate surface area is 93.0 Å². The van der Waals surface area contributed by atoms with Crippen LogP contribution in [0.1, 0.15) is 46.5 Å². The van der Waals surface area contributed by atoms with E-state index in [1.807, 2.05) is 0 Å². The van der Waals surface area contributed by atoms with Gasteiger partial charge in [0.05, 0.1) is 0 Å². The average Bonchev–Trinajstić information content (AvgIpc) is 2.15. The molecular weight excluding hydrogens is 188 g/mol. The molecule has 0 unspecified atom stereocenters. The smallest absolute Gasteiger partial charge is 0.220 e. The van der Waals surface area contributed by atoms with Crippen molar-refractivity contribution in [3.05, 3.63) is 0 Å². The van der Waals surface area contributed by atoms with Crippen LogP contribution in [0.5, 0.6) is 0 Å². The predicted molar refractivity (Wildman–Crippen MR) is 62.7 cm³/mol. The lowest BCUT2D eigenvalue weighted by molar-refractivity contribution is -0.122. The molecule has 0 aromatic carbocycles. The first-order valence-electron chi connectivity index (χ1n) is 5.97. The van der Waals surface area contributed by atoms with Crippen LogP contribution >= 0.6 is 0 Å². The fraction of sp³-hybridized carbons (Fsp3) is 0.917. The standard InChI is InChI=1S/C12H24N2O/c1-12(2,3)7-6-11(15)14-10-5-4-8-13-9-10/h10,13H,4-9H2,1-3H3,(H,14,15)/t10-/m0/s1. The van der Waals surface area contributed by atoms with Crippen molar-refractivity contribution in [2.75, 3.05) is 13.1 Å². The molecule has 1 aliphatic heterocycles. The number of carbonyl (C=O) groups is 1. The highest BCUT2D eigenvalue weighted by molar-refractivity contribution is 5.76. The molecule has 0 radical (unpaired) electrons. The van der Waals surface area contributed by atoms with Gasteiger partial charge in [-0.1, -0.05) is 20.8 Å². The predicted octanol–water partition coefficient (Wildman–Crippen LogP) is 1.68. The number of rotatable bonds is 3. The molecule has 15 heavy (non-hydrogen) atoms. The van der Waals surface area contributed by atoms with Gasteiger partial charge in [0, 0.05) is 19.0 Å². The number of amides is 1. The number of piperidine rings is 1. The summed E-state index contributed by atoms with van der Waals surface area (Å²) in [6, 6.07) is 0.353. The molecule has 1 aliphatic rings. The molecule has 0 aromatic heterocycles. The van der Waals surface area contributed by atoms with Crippen LogP contribution < -0.4 is 10.6 Å². The van der Waals surface area contributed by atoms with Gasteiger partial charge in [0.2, 0.25) is 5.91 Å². The van der Waals surface area contributed by atoms with Crippen LogP contribution in [0.25, 0.3) is 0 Å². The summed E-state index contributed by atoms with van der Waals surface area (Å²) in [6.07, 6.45) is 3.90. The van der Waals surface area contributed by atoms with Crippen molar-refractivity contribution in [1.29, 1.82) is 0 Å². The molecule has 88 valence electrons. The minimum Gasteiger partial charge on any atom is -0.352 e. The van der Waals surface area contributed by atoms with Crippen LogP contribution in [-0.4, -0.2) is 25.0 Å². The molecular formula is C12H24N2O. The van der Waals surface area contributed by atoms with Crippen LogP contribution in [0.15, 0.2) is 0 Å². The maximum atomic E-state index is 11.6. The fourth-order valence-corrected chi connectivity index (χ4v) is 1.76. The van der Waals surface area contributed by atoms with E-state index in [9.17, 15) is 4.79 Å². The van der Waals surface area contributed by atoms with Gasteiger partial charge in [-0.15, -0.1) is 0 Å². The minimum absolute atomic E-state index is 0.207. The van der Waals surface area contributed by atoms with Crippen LogP contribution in [0.4, 0.5) is 0 Å². The number of hydrogen-bond donors (Lipinski definition) is 2. The number of nitrogens with one attached hydrogen (secondary N) is 2. The van der Waals surface area contributed by atoms with Crippen molar-refractivity contribution >= 4 is 5.91 Å². The quantitative estimate of drug-likeness (QED) is 0.747. The largest absolute Gasteiger partial charge is 0.352 e. The maximum absolute atomic E-state index is 11.6. The summed E-state index contributed by atoms with van der Waals surface area (Å²) in [4.78, 5) is 11.6. The molecule has 1 saturated heterocycles. The monoisotopic (exact) mass is 212 g/mol. The summed E-state index contributed by atoms with van der Waals surface area (Å²) in [6.45, 7) is 8.53. The lowest BCUT2D eigenvalue weighted by Crippen LogP contribution is -2.45. The molecule has 1 fully saturated rings. The Bertz CT molecular complexity index is 202. The number of hydrogen-bond acceptors (Lipinski definition) is 2. The Morgan fingerprint density at radius 3 is 2.73 bits per heavy atom. The molecule has 3 nitrogen and oxygen atoms in total. The summed E-state index contributed by atoms with van der Waals surface area (Å²) in [7, 11) is 0. The lowest BCUT2D eigenvalue weighted by atomic mass is 9.90. The van der Waals surface area contributed by atoms with Gasteiger partial charge < -0.3 is 10.6 Å². The summed E-state index contributed by atoms with van der Waals surface area (Å²) in [5, 5.41) is 6.39. The Kier molecular flexibility index (Phi) is 4.58. The summed E-state index contributed by atoms with van der Waals surface area (Å²) in [5.74, 6) is 0.207. The first kappa shape index (κ1) is 12.5. The second-order valence-electron chi connectivity index (χ2n) is 5.67. The SMILES string of the molecule is CC(C)(C)CCC(=O)N[C@H]1CCCNC1. The van der Waals surface area contributed by atoms with Crippen molar-refractivity contribution in [3.8, 4) is 0 Å². The third kappa shape index (κ3) is 5.78. The summed E-state index contributed by atoms with van der Waals surface area (Å²) in [5.41, 5.74) is 0.252. The van der Waals surface area contributed by atoms with Crippen molar-refractivity contribution in [2.24, 2.45) is 5.41 Å². The van der Waals surface area contributed by atoms with Gasteiger partial charge in [0.15, 0.2) is 0 Å². The van der Waals surface area contributed by atoms with E-state index in [4.69, 9.17) is 0 Å². The van der Waals surface area contributed by atoms with E-state index in [-0.39, 0.29) is 11.3 Å². The molecule has 1 atom stereocenters. The Morgan fingerprint density at radius 2 is 2.20 bits per heavy atom.